The first-order valence-corrected chi connectivity index (χ1v) is 5.76. The molecule has 0 aromatic carbocycles. The van der Waals surface area contributed by atoms with Gasteiger partial charge in [0.05, 0.1) is 18.8 Å². The Morgan fingerprint density at radius 1 is 1.29 bits per heavy atom. The molecular weight excluding hydrogens is 218 g/mol. The van der Waals surface area contributed by atoms with Crippen LogP contribution in [-0.2, 0) is 4.74 Å². The normalized spacial score (nSPS) is 14.4. The molecule has 1 rings (SSSR count). The molecular formula is C12H21N3O2. The summed E-state index contributed by atoms with van der Waals surface area (Å²) in [6.45, 7) is 2.93. The van der Waals surface area contributed by atoms with E-state index in [1.807, 2.05) is 19.2 Å². The van der Waals surface area contributed by atoms with Gasteiger partial charge >= 0.3 is 0 Å². The number of hydrogen-bond donors (Lipinski definition) is 1. The summed E-state index contributed by atoms with van der Waals surface area (Å²) in [6.07, 6.45) is 0.982. The van der Waals surface area contributed by atoms with Crippen LogP contribution >= 0.6 is 0 Å². The molecule has 0 aliphatic heterocycles. The maximum absolute atomic E-state index is 5.10. The zero-order valence-corrected chi connectivity index (χ0v) is 10.9. The number of rotatable bonds is 7. The first-order valence-electron chi connectivity index (χ1n) is 5.76. The van der Waals surface area contributed by atoms with Crippen molar-refractivity contribution in [3.8, 4) is 5.88 Å². The molecule has 0 aliphatic rings. The Hall–Kier alpha value is -1.20. The maximum Gasteiger partial charge on any atom is 0.233 e. The van der Waals surface area contributed by atoms with E-state index in [1.165, 1.54) is 0 Å². The molecule has 0 aliphatic carbocycles. The summed E-state index contributed by atoms with van der Waals surface area (Å²) in [6, 6.07) is 3.95. The van der Waals surface area contributed by atoms with Gasteiger partial charge in [-0.1, -0.05) is 6.92 Å². The van der Waals surface area contributed by atoms with Gasteiger partial charge in [-0.3, -0.25) is 0 Å². The molecule has 1 aromatic rings. The number of methoxy groups -OCH3 is 2. The molecule has 0 radical (unpaired) electrons. The lowest BCUT2D eigenvalue weighted by Crippen LogP contribution is -2.25. The van der Waals surface area contributed by atoms with Gasteiger partial charge in [-0.15, -0.1) is 5.10 Å². The first kappa shape index (κ1) is 13.9. The van der Waals surface area contributed by atoms with Crippen molar-refractivity contribution in [3.63, 3.8) is 0 Å². The molecule has 0 spiro atoms. The number of aromatic nitrogens is 2. The van der Waals surface area contributed by atoms with Crippen LogP contribution in [0.25, 0.3) is 0 Å². The lowest BCUT2D eigenvalue weighted by molar-refractivity contribution is 0.170. The number of ether oxygens (including phenoxy) is 2. The minimum absolute atomic E-state index is 0.184. The van der Waals surface area contributed by atoms with E-state index in [4.69, 9.17) is 9.47 Å². The SMILES string of the molecule is CNC(c1ccc(OC)nn1)C(C)CCOC. The second kappa shape index (κ2) is 7.19. The van der Waals surface area contributed by atoms with Crippen LogP contribution in [0.2, 0.25) is 0 Å². The Bertz CT molecular complexity index is 316. The second-order valence-electron chi connectivity index (χ2n) is 4.03. The van der Waals surface area contributed by atoms with Gasteiger partial charge < -0.3 is 14.8 Å². The van der Waals surface area contributed by atoms with Crippen molar-refractivity contribution in [2.45, 2.75) is 19.4 Å². The number of nitrogens with zero attached hydrogens (tertiary/aromatic N) is 2. The summed E-state index contributed by atoms with van der Waals surface area (Å²) in [5, 5.41) is 11.4. The summed E-state index contributed by atoms with van der Waals surface area (Å²) >= 11 is 0. The van der Waals surface area contributed by atoms with Gasteiger partial charge in [0.1, 0.15) is 0 Å². The van der Waals surface area contributed by atoms with Crippen LogP contribution in [0.15, 0.2) is 12.1 Å². The summed E-state index contributed by atoms with van der Waals surface area (Å²) in [7, 11) is 5.23. The molecule has 5 nitrogen and oxygen atoms in total. The quantitative estimate of drug-likeness (QED) is 0.780. The largest absolute Gasteiger partial charge is 0.480 e. The van der Waals surface area contributed by atoms with Crippen LogP contribution in [-0.4, -0.2) is 38.1 Å². The number of nitrogens with one attached hydrogen (secondary N) is 1. The third kappa shape index (κ3) is 3.94. The monoisotopic (exact) mass is 239 g/mol. The topological polar surface area (TPSA) is 56.3 Å². The lowest BCUT2D eigenvalue weighted by Gasteiger charge is -2.22. The van der Waals surface area contributed by atoms with Crippen molar-refractivity contribution in [2.75, 3.05) is 27.9 Å². The highest BCUT2D eigenvalue weighted by atomic mass is 16.5. The minimum Gasteiger partial charge on any atom is -0.480 e. The van der Waals surface area contributed by atoms with E-state index in [9.17, 15) is 0 Å². The van der Waals surface area contributed by atoms with Gasteiger partial charge in [0.15, 0.2) is 0 Å². The maximum atomic E-state index is 5.10. The molecule has 2 unspecified atom stereocenters. The molecule has 0 bridgehead atoms. The highest BCUT2D eigenvalue weighted by molar-refractivity contribution is 5.14. The van der Waals surface area contributed by atoms with Gasteiger partial charge in [-0.2, -0.15) is 5.10 Å². The fourth-order valence-corrected chi connectivity index (χ4v) is 1.80. The molecule has 1 aromatic heterocycles. The van der Waals surface area contributed by atoms with Gasteiger partial charge in [0.2, 0.25) is 5.88 Å². The molecule has 0 saturated heterocycles. The van der Waals surface area contributed by atoms with E-state index in [-0.39, 0.29) is 6.04 Å². The summed E-state index contributed by atoms with van der Waals surface area (Å²) < 4.78 is 10.1. The lowest BCUT2D eigenvalue weighted by atomic mass is 9.96. The van der Waals surface area contributed by atoms with Gasteiger partial charge in [-0.25, -0.2) is 0 Å². The molecule has 0 amide bonds. The Kier molecular flexibility index (Phi) is 5.86. The fraction of sp³-hybridized carbons (Fsp3) is 0.667. The average molecular weight is 239 g/mol. The van der Waals surface area contributed by atoms with Gasteiger partial charge in [0.25, 0.3) is 0 Å². The van der Waals surface area contributed by atoms with Crippen molar-refractivity contribution in [2.24, 2.45) is 5.92 Å². The number of hydrogen-bond acceptors (Lipinski definition) is 5. The molecule has 96 valence electrons. The Balaban J connectivity index is 2.70. The predicted octanol–water partition coefficient (Wildman–Crippen LogP) is 1.42. The molecule has 0 fully saturated rings. The van der Waals surface area contributed by atoms with E-state index in [0.29, 0.717) is 11.8 Å². The minimum atomic E-state index is 0.184. The van der Waals surface area contributed by atoms with E-state index in [2.05, 4.69) is 22.4 Å². The molecule has 1 N–H and O–H groups in total. The third-order valence-electron chi connectivity index (χ3n) is 2.85. The molecule has 1 heterocycles. The average Bonchev–Trinajstić information content (AvgIpc) is 2.38. The standard InChI is InChI=1S/C12H21N3O2/c1-9(7-8-16-3)12(13-2)10-5-6-11(17-4)15-14-10/h5-6,9,12-13H,7-8H2,1-4H3. The van der Waals surface area contributed by atoms with Crippen molar-refractivity contribution in [1.82, 2.24) is 15.5 Å². The van der Waals surface area contributed by atoms with Gasteiger partial charge in [0, 0.05) is 19.8 Å². The van der Waals surface area contributed by atoms with Crippen LogP contribution < -0.4 is 10.1 Å². The highest BCUT2D eigenvalue weighted by Crippen LogP contribution is 2.22. The first-order chi connectivity index (χ1) is 8.22. The van der Waals surface area contributed by atoms with E-state index >= 15 is 0 Å². The van der Waals surface area contributed by atoms with E-state index < -0.39 is 0 Å². The summed E-state index contributed by atoms with van der Waals surface area (Å²) in [4.78, 5) is 0. The molecule has 17 heavy (non-hydrogen) atoms. The molecule has 2 atom stereocenters. The second-order valence-corrected chi connectivity index (χ2v) is 4.03. The molecule has 5 heteroatoms. The smallest absolute Gasteiger partial charge is 0.233 e. The van der Waals surface area contributed by atoms with Crippen molar-refractivity contribution in [1.29, 1.82) is 0 Å². The predicted molar refractivity (Wildman–Crippen MR) is 66.0 cm³/mol. The molecule has 0 saturated carbocycles. The Morgan fingerprint density at radius 3 is 2.53 bits per heavy atom. The Morgan fingerprint density at radius 2 is 2.06 bits per heavy atom. The third-order valence-corrected chi connectivity index (χ3v) is 2.85. The van der Waals surface area contributed by atoms with E-state index in [1.54, 1.807) is 14.2 Å². The van der Waals surface area contributed by atoms with Crippen molar-refractivity contribution < 1.29 is 9.47 Å². The fourth-order valence-electron chi connectivity index (χ4n) is 1.80. The zero-order chi connectivity index (χ0) is 12.7. The van der Waals surface area contributed by atoms with Crippen molar-refractivity contribution in [3.05, 3.63) is 17.8 Å². The van der Waals surface area contributed by atoms with Gasteiger partial charge in [-0.05, 0) is 25.5 Å². The summed E-state index contributed by atoms with van der Waals surface area (Å²) in [5.74, 6) is 0.968. The highest BCUT2D eigenvalue weighted by Gasteiger charge is 2.19. The van der Waals surface area contributed by atoms with Crippen LogP contribution in [0.1, 0.15) is 25.1 Å². The zero-order valence-electron chi connectivity index (χ0n) is 10.9. The van der Waals surface area contributed by atoms with Crippen LogP contribution in [0, 0.1) is 5.92 Å². The van der Waals surface area contributed by atoms with Crippen molar-refractivity contribution >= 4 is 0 Å². The van der Waals surface area contributed by atoms with Crippen LogP contribution in [0.5, 0.6) is 5.88 Å². The van der Waals surface area contributed by atoms with Crippen LogP contribution in [0.3, 0.4) is 0 Å². The van der Waals surface area contributed by atoms with Crippen LogP contribution in [0.4, 0.5) is 0 Å². The van der Waals surface area contributed by atoms with E-state index in [0.717, 1.165) is 18.7 Å². The summed E-state index contributed by atoms with van der Waals surface area (Å²) in [5.41, 5.74) is 0.928. The Labute approximate surface area is 103 Å².